The van der Waals surface area contributed by atoms with Crippen molar-refractivity contribution in [2.24, 2.45) is 0 Å². The molecule has 0 aliphatic heterocycles. The number of methoxy groups -OCH3 is 1. The highest BCUT2D eigenvalue weighted by molar-refractivity contribution is 5.94. The Bertz CT molecular complexity index is 804. The fraction of sp³-hybridized carbons (Fsp3) is 0.211. The van der Waals surface area contributed by atoms with E-state index in [1.807, 2.05) is 0 Å². The van der Waals surface area contributed by atoms with Crippen molar-refractivity contribution < 1.29 is 33.0 Å². The van der Waals surface area contributed by atoms with E-state index >= 15 is 0 Å². The normalized spacial score (nSPS) is 11.2. The Morgan fingerprint density at radius 3 is 2.26 bits per heavy atom. The lowest BCUT2D eigenvalue weighted by Gasteiger charge is -2.14. The fourth-order valence-corrected chi connectivity index (χ4v) is 2.02. The molecule has 2 rings (SSSR count). The Kier molecular flexibility index (Phi) is 6.87. The summed E-state index contributed by atoms with van der Waals surface area (Å²) in [7, 11) is 1.27. The van der Waals surface area contributed by atoms with Crippen molar-refractivity contribution in [3.8, 4) is 5.75 Å². The molecule has 0 aliphatic rings. The van der Waals surface area contributed by atoms with E-state index in [4.69, 9.17) is 9.47 Å². The molecule has 0 saturated carbocycles. The van der Waals surface area contributed by atoms with E-state index in [0.717, 1.165) is 0 Å². The van der Waals surface area contributed by atoms with Gasteiger partial charge in [-0.25, -0.2) is 14.0 Å². The molecule has 0 unspecified atom stereocenters. The minimum atomic E-state index is -0.970. The first-order valence-electron chi connectivity index (χ1n) is 7.96. The van der Waals surface area contributed by atoms with Gasteiger partial charge in [0, 0.05) is 5.69 Å². The Morgan fingerprint density at radius 2 is 1.67 bits per heavy atom. The lowest BCUT2D eigenvalue weighted by molar-refractivity contribution is -0.153. The van der Waals surface area contributed by atoms with Crippen LogP contribution in [0.5, 0.6) is 5.75 Å². The number of nitrogens with one attached hydrogen (secondary N) is 1. The van der Waals surface area contributed by atoms with Crippen LogP contribution < -0.4 is 10.1 Å². The van der Waals surface area contributed by atoms with E-state index in [1.165, 1.54) is 62.6 Å². The van der Waals surface area contributed by atoms with Gasteiger partial charge in [0.2, 0.25) is 0 Å². The molecule has 1 N–H and O–H groups in total. The first kappa shape index (κ1) is 19.9. The van der Waals surface area contributed by atoms with Gasteiger partial charge in [0.1, 0.15) is 11.6 Å². The van der Waals surface area contributed by atoms with Gasteiger partial charge < -0.3 is 19.5 Å². The van der Waals surface area contributed by atoms with E-state index in [9.17, 15) is 18.8 Å². The Balaban J connectivity index is 1.79. The molecule has 2 aromatic rings. The predicted octanol–water partition coefficient (Wildman–Crippen LogP) is 2.56. The van der Waals surface area contributed by atoms with Crippen LogP contribution in [0.2, 0.25) is 0 Å². The molecule has 8 heteroatoms. The molecule has 0 fully saturated rings. The van der Waals surface area contributed by atoms with Gasteiger partial charge in [-0.2, -0.15) is 0 Å². The first-order chi connectivity index (χ1) is 12.9. The zero-order valence-electron chi connectivity index (χ0n) is 14.7. The monoisotopic (exact) mass is 375 g/mol. The molecule has 0 saturated heterocycles. The van der Waals surface area contributed by atoms with Crippen molar-refractivity contribution in [3.63, 3.8) is 0 Å². The van der Waals surface area contributed by atoms with Crippen molar-refractivity contribution in [2.75, 3.05) is 19.0 Å². The van der Waals surface area contributed by atoms with Crippen LogP contribution in [0.3, 0.4) is 0 Å². The maximum Gasteiger partial charge on any atom is 0.347 e. The summed E-state index contributed by atoms with van der Waals surface area (Å²) in [5.41, 5.74) is 0.771. The zero-order chi connectivity index (χ0) is 19.8. The van der Waals surface area contributed by atoms with Crippen LogP contribution in [-0.4, -0.2) is 37.7 Å². The zero-order valence-corrected chi connectivity index (χ0v) is 14.7. The molecule has 0 radical (unpaired) electrons. The molecule has 2 aromatic carbocycles. The van der Waals surface area contributed by atoms with E-state index in [-0.39, 0.29) is 0 Å². The average molecular weight is 375 g/mol. The summed E-state index contributed by atoms with van der Waals surface area (Å²) in [6.45, 7) is 0.948. The largest absolute Gasteiger partial charge is 0.479 e. The highest BCUT2D eigenvalue weighted by Crippen LogP contribution is 2.14. The molecular weight excluding hydrogens is 357 g/mol. The molecule has 1 amide bonds. The second kappa shape index (κ2) is 9.33. The van der Waals surface area contributed by atoms with Crippen LogP contribution in [0.4, 0.5) is 10.1 Å². The quantitative estimate of drug-likeness (QED) is 0.748. The molecular formula is C19H18FNO6. The number of benzene rings is 2. The standard InChI is InChI=1S/C19H18FNO6/c1-12(27-16-9-5-14(20)6-10-16)18(23)26-11-17(22)21-15-7-3-13(4-8-15)19(24)25-2/h3-10,12H,11H2,1-2H3,(H,21,22)/t12-/m1/s1. The number of anilines is 1. The van der Waals surface area contributed by atoms with Gasteiger partial charge in [-0.3, -0.25) is 4.79 Å². The Labute approximate surface area is 155 Å². The number of rotatable bonds is 7. The van der Waals surface area contributed by atoms with Crippen LogP contribution in [0.15, 0.2) is 48.5 Å². The number of hydrogen-bond acceptors (Lipinski definition) is 6. The number of amides is 1. The third kappa shape index (κ3) is 6.10. The summed E-state index contributed by atoms with van der Waals surface area (Å²) in [4.78, 5) is 35.1. The molecule has 0 spiro atoms. The van der Waals surface area contributed by atoms with Gasteiger partial charge >= 0.3 is 11.9 Å². The summed E-state index contributed by atoms with van der Waals surface area (Å²) in [6.07, 6.45) is -0.970. The number of ether oxygens (including phenoxy) is 3. The number of carbonyl (C=O) groups is 3. The number of hydrogen-bond donors (Lipinski definition) is 1. The first-order valence-corrected chi connectivity index (χ1v) is 7.96. The van der Waals surface area contributed by atoms with Gasteiger partial charge in [-0.15, -0.1) is 0 Å². The van der Waals surface area contributed by atoms with Gasteiger partial charge in [0.25, 0.3) is 5.91 Å². The highest BCUT2D eigenvalue weighted by atomic mass is 19.1. The topological polar surface area (TPSA) is 90.9 Å². The van der Waals surface area contributed by atoms with Gasteiger partial charge in [-0.1, -0.05) is 0 Å². The summed E-state index contributed by atoms with van der Waals surface area (Å²) >= 11 is 0. The van der Waals surface area contributed by atoms with Crippen molar-refractivity contribution in [1.29, 1.82) is 0 Å². The SMILES string of the molecule is COC(=O)c1ccc(NC(=O)COC(=O)[C@@H](C)Oc2ccc(F)cc2)cc1. The third-order valence-corrected chi connectivity index (χ3v) is 3.39. The van der Waals surface area contributed by atoms with Crippen LogP contribution >= 0.6 is 0 Å². The summed E-state index contributed by atoms with van der Waals surface area (Å²) < 4.78 is 27.6. The van der Waals surface area contributed by atoms with Crippen molar-refractivity contribution in [1.82, 2.24) is 0 Å². The second-order valence-corrected chi connectivity index (χ2v) is 5.44. The molecule has 27 heavy (non-hydrogen) atoms. The molecule has 142 valence electrons. The smallest absolute Gasteiger partial charge is 0.347 e. The number of carbonyl (C=O) groups excluding carboxylic acids is 3. The summed E-state index contributed by atoms with van der Waals surface area (Å²) in [6, 6.07) is 11.2. The summed E-state index contributed by atoms with van der Waals surface area (Å²) in [5.74, 6) is -1.90. The lowest BCUT2D eigenvalue weighted by Crippen LogP contribution is -2.29. The van der Waals surface area contributed by atoms with Crippen molar-refractivity contribution >= 4 is 23.5 Å². The average Bonchev–Trinajstić information content (AvgIpc) is 2.67. The third-order valence-electron chi connectivity index (χ3n) is 3.39. The number of esters is 2. The van der Waals surface area contributed by atoms with Crippen LogP contribution in [0.25, 0.3) is 0 Å². The maximum atomic E-state index is 12.8. The minimum absolute atomic E-state index is 0.302. The Hall–Kier alpha value is -3.42. The van der Waals surface area contributed by atoms with E-state index in [1.54, 1.807) is 0 Å². The molecule has 7 nitrogen and oxygen atoms in total. The molecule has 0 heterocycles. The highest BCUT2D eigenvalue weighted by Gasteiger charge is 2.18. The lowest BCUT2D eigenvalue weighted by atomic mass is 10.2. The predicted molar refractivity (Wildman–Crippen MR) is 93.9 cm³/mol. The van der Waals surface area contributed by atoms with E-state index in [0.29, 0.717) is 17.0 Å². The second-order valence-electron chi connectivity index (χ2n) is 5.44. The molecule has 0 bridgehead atoms. The minimum Gasteiger partial charge on any atom is -0.479 e. The fourth-order valence-electron chi connectivity index (χ4n) is 2.02. The van der Waals surface area contributed by atoms with Crippen LogP contribution in [-0.2, 0) is 19.1 Å². The van der Waals surface area contributed by atoms with Crippen molar-refractivity contribution in [3.05, 3.63) is 59.9 Å². The summed E-state index contributed by atoms with van der Waals surface area (Å²) in [5, 5.41) is 2.53. The van der Waals surface area contributed by atoms with Crippen molar-refractivity contribution in [2.45, 2.75) is 13.0 Å². The Morgan fingerprint density at radius 1 is 1.04 bits per heavy atom. The maximum absolute atomic E-state index is 12.8. The molecule has 0 aliphatic carbocycles. The van der Waals surface area contributed by atoms with Gasteiger partial charge in [-0.05, 0) is 55.5 Å². The van der Waals surface area contributed by atoms with Crippen LogP contribution in [0.1, 0.15) is 17.3 Å². The van der Waals surface area contributed by atoms with E-state index < -0.39 is 36.4 Å². The number of halogens is 1. The molecule has 0 aromatic heterocycles. The molecule has 1 atom stereocenters. The van der Waals surface area contributed by atoms with Crippen LogP contribution in [0, 0.1) is 5.82 Å². The van der Waals surface area contributed by atoms with Gasteiger partial charge in [0.05, 0.1) is 12.7 Å². The van der Waals surface area contributed by atoms with Gasteiger partial charge in [0.15, 0.2) is 12.7 Å². The van der Waals surface area contributed by atoms with E-state index in [2.05, 4.69) is 10.1 Å².